The minimum absolute atomic E-state index is 0.0814. The number of anilines is 2. The molecule has 0 saturated heterocycles. The molecular formula is C9H13F3N4O2S. The van der Waals surface area contributed by atoms with Gasteiger partial charge in [-0.15, -0.1) is 0 Å². The first-order valence-electron chi connectivity index (χ1n) is 5.19. The maximum atomic E-state index is 12.3. The van der Waals surface area contributed by atoms with E-state index in [0.717, 1.165) is 11.3 Å². The summed E-state index contributed by atoms with van der Waals surface area (Å²) in [6, 6.07) is 0. The summed E-state index contributed by atoms with van der Waals surface area (Å²) in [6.45, 7) is -2.44. The van der Waals surface area contributed by atoms with Crippen LogP contribution in [0.2, 0.25) is 0 Å². The molecule has 1 rings (SSSR count). The topological polar surface area (TPSA) is 91.5 Å². The lowest BCUT2D eigenvalue weighted by Crippen LogP contribution is -2.40. The molecule has 1 aromatic heterocycles. The number of carbonyl (C=O) groups excluding carboxylic acids is 1. The molecule has 0 radical (unpaired) electrons. The van der Waals surface area contributed by atoms with E-state index < -0.39 is 31.8 Å². The maximum absolute atomic E-state index is 12.3. The van der Waals surface area contributed by atoms with Gasteiger partial charge in [0.15, 0.2) is 5.13 Å². The highest BCUT2D eigenvalue weighted by Gasteiger charge is 2.34. The maximum Gasteiger partial charge on any atom is 0.406 e. The number of halogens is 3. The number of nitrogens with one attached hydrogen (secondary N) is 1. The average molecular weight is 298 g/mol. The Hall–Kier alpha value is -1.55. The zero-order valence-corrected chi connectivity index (χ0v) is 10.8. The van der Waals surface area contributed by atoms with Gasteiger partial charge in [-0.3, -0.25) is 4.79 Å². The molecular weight excluding hydrogens is 285 g/mol. The molecule has 1 aromatic rings. The number of hydrogen-bond donors (Lipinski definition) is 3. The van der Waals surface area contributed by atoms with Gasteiger partial charge in [0.25, 0.3) is 5.91 Å². The van der Waals surface area contributed by atoms with Crippen LogP contribution >= 0.6 is 11.3 Å². The number of aliphatic hydroxyl groups excluding tert-OH is 1. The van der Waals surface area contributed by atoms with E-state index in [-0.39, 0.29) is 10.7 Å². The molecule has 0 aliphatic carbocycles. The number of nitrogens with zero attached hydrogens (tertiary/aromatic N) is 2. The van der Waals surface area contributed by atoms with Crippen LogP contribution in [0.3, 0.4) is 0 Å². The van der Waals surface area contributed by atoms with Gasteiger partial charge < -0.3 is 21.1 Å². The molecule has 1 heterocycles. The Morgan fingerprint density at radius 3 is 2.63 bits per heavy atom. The van der Waals surface area contributed by atoms with Crippen LogP contribution in [0.4, 0.5) is 24.1 Å². The van der Waals surface area contributed by atoms with Gasteiger partial charge in [0, 0.05) is 13.6 Å². The predicted molar refractivity (Wildman–Crippen MR) is 65.1 cm³/mol. The molecule has 10 heteroatoms. The zero-order valence-electron chi connectivity index (χ0n) is 9.99. The molecule has 0 bridgehead atoms. The van der Waals surface area contributed by atoms with Crippen molar-refractivity contribution in [2.24, 2.45) is 0 Å². The van der Waals surface area contributed by atoms with Crippen LogP contribution in [0.25, 0.3) is 0 Å². The van der Waals surface area contributed by atoms with Crippen molar-refractivity contribution in [1.82, 2.24) is 9.88 Å². The summed E-state index contributed by atoms with van der Waals surface area (Å²) in [5.41, 5.74) is 5.48. The number of nitrogens with two attached hydrogens (primary N) is 1. The van der Waals surface area contributed by atoms with Crippen LogP contribution in [0, 0.1) is 0 Å². The van der Waals surface area contributed by atoms with Gasteiger partial charge in [-0.2, -0.15) is 13.2 Å². The van der Waals surface area contributed by atoms with E-state index in [9.17, 15) is 18.0 Å². The molecule has 0 spiro atoms. The van der Waals surface area contributed by atoms with Gasteiger partial charge in [-0.25, -0.2) is 4.98 Å². The summed E-state index contributed by atoms with van der Waals surface area (Å²) in [7, 11) is 1.55. The number of thiazole rings is 1. The van der Waals surface area contributed by atoms with Gasteiger partial charge in [-0.05, 0) is 0 Å². The standard InChI is InChI=1S/C9H13F3N4O2S/c1-14-8-15-6(13)5(19-8)7(18)16(2-3-17)4-9(10,11)12/h17H,2-4,13H2,1H3,(H,14,15). The minimum atomic E-state index is -4.55. The molecule has 4 N–H and O–H groups in total. The van der Waals surface area contributed by atoms with E-state index in [1.807, 2.05) is 0 Å². The number of aromatic nitrogens is 1. The Kier molecular flexibility index (Phi) is 4.95. The first-order chi connectivity index (χ1) is 8.78. The molecule has 6 nitrogen and oxygen atoms in total. The van der Waals surface area contributed by atoms with Crippen molar-refractivity contribution in [1.29, 1.82) is 0 Å². The quantitative estimate of drug-likeness (QED) is 0.746. The molecule has 0 aromatic carbocycles. The Morgan fingerprint density at radius 2 is 2.21 bits per heavy atom. The number of amides is 1. The van der Waals surface area contributed by atoms with Crippen molar-refractivity contribution in [3.05, 3.63) is 4.88 Å². The second-order valence-corrected chi connectivity index (χ2v) is 4.55. The highest BCUT2D eigenvalue weighted by molar-refractivity contribution is 7.18. The third-order valence-electron chi connectivity index (χ3n) is 2.09. The average Bonchev–Trinajstić information content (AvgIpc) is 2.67. The summed E-state index contributed by atoms with van der Waals surface area (Å²) < 4.78 is 37.0. The van der Waals surface area contributed by atoms with Gasteiger partial charge in [0.2, 0.25) is 0 Å². The first kappa shape index (κ1) is 15.5. The van der Waals surface area contributed by atoms with E-state index in [1.54, 1.807) is 7.05 Å². The van der Waals surface area contributed by atoms with Gasteiger partial charge in [0.1, 0.15) is 17.2 Å². The summed E-state index contributed by atoms with van der Waals surface area (Å²) in [6.07, 6.45) is -4.55. The monoisotopic (exact) mass is 298 g/mol. The van der Waals surface area contributed by atoms with Crippen molar-refractivity contribution in [3.8, 4) is 0 Å². The Bertz CT molecular complexity index is 449. The fourth-order valence-electron chi connectivity index (χ4n) is 1.33. The van der Waals surface area contributed by atoms with Crippen LogP contribution < -0.4 is 11.1 Å². The van der Waals surface area contributed by atoms with Crippen molar-refractivity contribution in [3.63, 3.8) is 0 Å². The lowest BCUT2D eigenvalue weighted by atomic mass is 10.3. The lowest BCUT2D eigenvalue weighted by Gasteiger charge is -2.22. The summed E-state index contributed by atoms with van der Waals surface area (Å²) in [4.78, 5) is 16.1. The zero-order chi connectivity index (χ0) is 14.6. The Morgan fingerprint density at radius 1 is 1.58 bits per heavy atom. The number of carbonyl (C=O) groups is 1. The molecule has 0 fully saturated rings. The van der Waals surface area contributed by atoms with Crippen molar-refractivity contribution in [2.75, 3.05) is 37.8 Å². The third-order valence-corrected chi connectivity index (χ3v) is 3.17. The normalized spacial score (nSPS) is 11.4. The molecule has 0 saturated carbocycles. The predicted octanol–water partition coefficient (Wildman–Crippen LogP) is 0.764. The fraction of sp³-hybridized carbons (Fsp3) is 0.556. The Labute approximate surface area is 111 Å². The van der Waals surface area contributed by atoms with Crippen molar-refractivity contribution in [2.45, 2.75) is 6.18 Å². The van der Waals surface area contributed by atoms with Crippen LogP contribution in [0.5, 0.6) is 0 Å². The second kappa shape index (κ2) is 6.06. The number of rotatable bonds is 5. The summed E-state index contributed by atoms with van der Waals surface area (Å²) >= 11 is 0.860. The molecule has 0 aliphatic heterocycles. The van der Waals surface area contributed by atoms with Crippen LogP contribution in [0.15, 0.2) is 0 Å². The first-order valence-corrected chi connectivity index (χ1v) is 6.01. The number of hydrogen-bond acceptors (Lipinski definition) is 6. The van der Waals surface area contributed by atoms with Crippen LogP contribution in [-0.4, -0.2) is 53.8 Å². The fourth-order valence-corrected chi connectivity index (χ4v) is 2.13. The van der Waals surface area contributed by atoms with E-state index in [2.05, 4.69) is 10.3 Å². The smallest absolute Gasteiger partial charge is 0.395 e. The van der Waals surface area contributed by atoms with Crippen molar-refractivity contribution >= 4 is 28.2 Å². The molecule has 19 heavy (non-hydrogen) atoms. The van der Waals surface area contributed by atoms with Gasteiger partial charge in [0.05, 0.1) is 6.61 Å². The molecule has 0 atom stereocenters. The highest BCUT2D eigenvalue weighted by Crippen LogP contribution is 2.27. The van der Waals surface area contributed by atoms with Gasteiger partial charge >= 0.3 is 6.18 Å². The summed E-state index contributed by atoms with van der Waals surface area (Å²) in [5.74, 6) is -1.03. The van der Waals surface area contributed by atoms with Crippen LogP contribution in [-0.2, 0) is 0 Å². The molecule has 1 amide bonds. The van der Waals surface area contributed by atoms with E-state index in [4.69, 9.17) is 10.8 Å². The molecule has 108 valence electrons. The lowest BCUT2D eigenvalue weighted by molar-refractivity contribution is -0.141. The highest BCUT2D eigenvalue weighted by atomic mass is 32.1. The minimum Gasteiger partial charge on any atom is -0.395 e. The number of nitrogen functional groups attached to an aromatic ring is 1. The van der Waals surface area contributed by atoms with Crippen LogP contribution in [0.1, 0.15) is 9.67 Å². The third kappa shape index (κ3) is 4.24. The SMILES string of the molecule is CNc1nc(N)c(C(=O)N(CCO)CC(F)(F)F)s1. The van der Waals surface area contributed by atoms with E-state index >= 15 is 0 Å². The van der Waals surface area contributed by atoms with Crippen molar-refractivity contribution < 1.29 is 23.1 Å². The largest absolute Gasteiger partial charge is 0.406 e. The van der Waals surface area contributed by atoms with E-state index in [0.29, 0.717) is 10.0 Å². The van der Waals surface area contributed by atoms with E-state index in [1.165, 1.54) is 0 Å². The molecule has 0 aliphatic rings. The summed E-state index contributed by atoms with van der Waals surface area (Å²) in [5, 5.41) is 11.7. The Balaban J connectivity index is 2.95. The second-order valence-electron chi connectivity index (χ2n) is 3.55. The number of aliphatic hydroxyl groups is 1. The molecule has 0 unspecified atom stereocenters. The number of alkyl halides is 3. The van der Waals surface area contributed by atoms with Gasteiger partial charge in [-0.1, -0.05) is 11.3 Å².